The van der Waals surface area contributed by atoms with E-state index in [9.17, 15) is 0 Å². The normalized spacial score (nSPS) is 11.1. The zero-order valence-electron chi connectivity index (χ0n) is 12.1. The molecular formula is C16H17N3S2. The molecule has 0 amide bonds. The zero-order chi connectivity index (χ0) is 14.8. The lowest BCUT2D eigenvalue weighted by Gasteiger charge is -2.05. The van der Waals surface area contributed by atoms with Crippen LogP contribution in [0.3, 0.4) is 0 Å². The Hall–Kier alpha value is -1.59. The van der Waals surface area contributed by atoms with Gasteiger partial charge in [0.1, 0.15) is 16.5 Å². The third-order valence-electron chi connectivity index (χ3n) is 3.32. The highest BCUT2D eigenvalue weighted by atomic mass is 32.2. The van der Waals surface area contributed by atoms with Crippen molar-refractivity contribution in [2.75, 3.05) is 5.73 Å². The first-order valence-corrected chi connectivity index (χ1v) is 8.71. The number of nitrogens with two attached hydrogens (primary N) is 1. The van der Waals surface area contributed by atoms with Crippen molar-refractivity contribution in [3.63, 3.8) is 0 Å². The number of hydrogen-bond acceptors (Lipinski definition) is 5. The lowest BCUT2D eigenvalue weighted by molar-refractivity contribution is 1.08. The first kappa shape index (κ1) is 14.4. The van der Waals surface area contributed by atoms with Gasteiger partial charge in [-0.2, -0.15) is 0 Å². The van der Waals surface area contributed by atoms with Crippen molar-refractivity contribution in [1.82, 2.24) is 9.97 Å². The van der Waals surface area contributed by atoms with E-state index in [1.165, 1.54) is 15.3 Å². The third-order valence-corrected chi connectivity index (χ3v) is 5.66. The highest BCUT2D eigenvalue weighted by Crippen LogP contribution is 2.30. The van der Waals surface area contributed by atoms with Crippen LogP contribution in [0.5, 0.6) is 0 Å². The summed E-state index contributed by atoms with van der Waals surface area (Å²) in [4.78, 5) is 12.7. The summed E-state index contributed by atoms with van der Waals surface area (Å²) >= 11 is 3.46. The van der Waals surface area contributed by atoms with E-state index in [1.807, 2.05) is 0 Å². The number of anilines is 1. The van der Waals surface area contributed by atoms with Gasteiger partial charge in [0.05, 0.1) is 11.1 Å². The van der Waals surface area contributed by atoms with Crippen LogP contribution in [0.15, 0.2) is 35.2 Å². The molecule has 108 valence electrons. The van der Waals surface area contributed by atoms with E-state index in [2.05, 4.69) is 54.1 Å². The standard InChI is InChI=1S/C16H17N3S2/c1-3-11-8-12-15(17)18-14(19-16(12)21-11)9-20-13-7-5-4-6-10(13)2/h4-8H,3,9H2,1-2H3,(H2,17,18,19). The molecule has 0 radical (unpaired) electrons. The number of thioether (sulfide) groups is 1. The predicted octanol–water partition coefficient (Wildman–Crippen LogP) is 4.44. The number of aryl methyl sites for hydroxylation is 2. The van der Waals surface area contributed by atoms with E-state index < -0.39 is 0 Å². The Morgan fingerprint density at radius 3 is 2.81 bits per heavy atom. The number of aromatic nitrogens is 2. The van der Waals surface area contributed by atoms with Crippen molar-refractivity contribution in [1.29, 1.82) is 0 Å². The van der Waals surface area contributed by atoms with Gasteiger partial charge in [-0.25, -0.2) is 9.97 Å². The summed E-state index contributed by atoms with van der Waals surface area (Å²) < 4.78 is 0. The largest absolute Gasteiger partial charge is 0.383 e. The van der Waals surface area contributed by atoms with Gasteiger partial charge in [-0.05, 0) is 31.0 Å². The van der Waals surface area contributed by atoms with Gasteiger partial charge in [0.2, 0.25) is 0 Å². The molecule has 21 heavy (non-hydrogen) atoms. The second kappa shape index (κ2) is 6.03. The number of rotatable bonds is 4. The van der Waals surface area contributed by atoms with Gasteiger partial charge < -0.3 is 5.73 Å². The minimum Gasteiger partial charge on any atom is -0.383 e. The zero-order valence-corrected chi connectivity index (χ0v) is 13.7. The van der Waals surface area contributed by atoms with Gasteiger partial charge >= 0.3 is 0 Å². The smallest absolute Gasteiger partial charge is 0.142 e. The summed E-state index contributed by atoms with van der Waals surface area (Å²) in [6.07, 6.45) is 1.01. The lowest BCUT2D eigenvalue weighted by Crippen LogP contribution is -1.98. The Kier molecular flexibility index (Phi) is 4.12. The van der Waals surface area contributed by atoms with E-state index in [4.69, 9.17) is 5.73 Å². The van der Waals surface area contributed by atoms with E-state index in [0.29, 0.717) is 5.82 Å². The van der Waals surface area contributed by atoms with Crippen LogP contribution in [0.4, 0.5) is 5.82 Å². The van der Waals surface area contributed by atoms with Crippen molar-refractivity contribution in [3.05, 3.63) is 46.6 Å². The summed E-state index contributed by atoms with van der Waals surface area (Å²) in [5, 5.41) is 0.987. The summed E-state index contributed by atoms with van der Waals surface area (Å²) in [7, 11) is 0. The number of fused-ring (bicyclic) bond motifs is 1. The predicted molar refractivity (Wildman–Crippen MR) is 91.9 cm³/mol. The summed E-state index contributed by atoms with van der Waals surface area (Å²) in [6, 6.07) is 10.5. The molecular weight excluding hydrogens is 298 g/mol. The Bertz CT molecular complexity index is 780. The van der Waals surface area contributed by atoms with Crippen molar-refractivity contribution in [3.8, 4) is 0 Å². The Morgan fingerprint density at radius 1 is 1.24 bits per heavy atom. The van der Waals surface area contributed by atoms with Crippen molar-refractivity contribution < 1.29 is 0 Å². The molecule has 0 atom stereocenters. The van der Waals surface area contributed by atoms with Crippen LogP contribution in [0.1, 0.15) is 23.2 Å². The average molecular weight is 315 g/mol. The number of nitrogen functional groups attached to an aromatic ring is 1. The fourth-order valence-electron chi connectivity index (χ4n) is 2.14. The summed E-state index contributed by atoms with van der Waals surface area (Å²) in [5.74, 6) is 2.14. The fraction of sp³-hybridized carbons (Fsp3) is 0.250. The van der Waals surface area contributed by atoms with Gasteiger partial charge in [-0.3, -0.25) is 0 Å². The number of benzene rings is 1. The molecule has 0 unspecified atom stereocenters. The molecule has 0 saturated heterocycles. The van der Waals surface area contributed by atoms with E-state index in [1.54, 1.807) is 23.1 Å². The molecule has 0 saturated carbocycles. The topological polar surface area (TPSA) is 51.8 Å². The van der Waals surface area contributed by atoms with Crippen LogP contribution in [-0.4, -0.2) is 9.97 Å². The first-order valence-electron chi connectivity index (χ1n) is 6.90. The van der Waals surface area contributed by atoms with E-state index in [-0.39, 0.29) is 0 Å². The highest BCUT2D eigenvalue weighted by molar-refractivity contribution is 7.98. The molecule has 2 aromatic heterocycles. The minimum atomic E-state index is 0.594. The molecule has 0 aliphatic heterocycles. The monoisotopic (exact) mass is 315 g/mol. The molecule has 3 rings (SSSR count). The van der Waals surface area contributed by atoms with Gasteiger partial charge in [0.25, 0.3) is 0 Å². The molecule has 0 spiro atoms. The van der Waals surface area contributed by atoms with Crippen LogP contribution in [0, 0.1) is 6.92 Å². The SMILES string of the molecule is CCc1cc2c(N)nc(CSc3ccccc3C)nc2s1. The van der Waals surface area contributed by atoms with Crippen molar-refractivity contribution >= 4 is 39.1 Å². The fourth-order valence-corrected chi connectivity index (χ4v) is 4.02. The molecule has 0 aliphatic carbocycles. The molecule has 0 bridgehead atoms. The number of nitrogens with zero attached hydrogens (tertiary/aromatic N) is 2. The molecule has 3 aromatic rings. The minimum absolute atomic E-state index is 0.594. The van der Waals surface area contributed by atoms with Gasteiger partial charge in [-0.15, -0.1) is 23.1 Å². The average Bonchev–Trinajstić information content (AvgIpc) is 2.90. The Morgan fingerprint density at radius 2 is 2.05 bits per heavy atom. The molecule has 2 heterocycles. The maximum absolute atomic E-state index is 6.07. The van der Waals surface area contributed by atoms with Crippen molar-refractivity contribution in [2.45, 2.75) is 30.9 Å². The van der Waals surface area contributed by atoms with Crippen LogP contribution in [0.25, 0.3) is 10.2 Å². The van der Waals surface area contributed by atoms with E-state index in [0.717, 1.165) is 28.2 Å². The quantitative estimate of drug-likeness (QED) is 0.723. The molecule has 0 fully saturated rings. The number of thiophene rings is 1. The second-order valence-electron chi connectivity index (χ2n) is 4.86. The van der Waals surface area contributed by atoms with Gasteiger partial charge in [0, 0.05) is 9.77 Å². The molecule has 2 N–H and O–H groups in total. The molecule has 1 aromatic carbocycles. The highest BCUT2D eigenvalue weighted by Gasteiger charge is 2.10. The Labute approximate surface area is 132 Å². The number of hydrogen-bond donors (Lipinski definition) is 1. The van der Waals surface area contributed by atoms with Crippen LogP contribution in [0.2, 0.25) is 0 Å². The second-order valence-corrected chi connectivity index (χ2v) is 7.00. The van der Waals surface area contributed by atoms with Gasteiger partial charge in [0.15, 0.2) is 0 Å². The first-order chi connectivity index (χ1) is 10.2. The van der Waals surface area contributed by atoms with Crippen LogP contribution < -0.4 is 5.73 Å². The summed E-state index contributed by atoms with van der Waals surface area (Å²) in [5.41, 5.74) is 7.35. The van der Waals surface area contributed by atoms with Gasteiger partial charge in [-0.1, -0.05) is 25.1 Å². The third kappa shape index (κ3) is 3.04. The molecule has 0 aliphatic rings. The van der Waals surface area contributed by atoms with Crippen LogP contribution in [-0.2, 0) is 12.2 Å². The Balaban J connectivity index is 1.86. The lowest BCUT2D eigenvalue weighted by atomic mass is 10.2. The maximum atomic E-state index is 6.07. The molecule has 3 nitrogen and oxygen atoms in total. The molecule has 5 heteroatoms. The van der Waals surface area contributed by atoms with Crippen molar-refractivity contribution in [2.24, 2.45) is 0 Å². The van der Waals surface area contributed by atoms with E-state index >= 15 is 0 Å². The summed E-state index contributed by atoms with van der Waals surface area (Å²) in [6.45, 7) is 4.26. The maximum Gasteiger partial charge on any atom is 0.142 e. The van der Waals surface area contributed by atoms with Crippen LogP contribution >= 0.6 is 23.1 Å².